The molecule has 1 saturated carbocycles. The molecular weight excluding hydrogens is 490 g/mol. The minimum absolute atomic E-state index is 0.0263. The number of aliphatic hydroxyl groups is 1. The minimum atomic E-state index is -0.992. The molecular formula is C32H37N3O4. The second-order valence-corrected chi connectivity index (χ2v) is 11.6. The minimum Gasteiger partial charge on any atom is -0.438 e. The SMILES string of the molecule is CNC(=O)C1(c2ccc(-c3ccc(C(C)N4CCC(CC(C)(C)O)(c5ccccc5)OC4=O)cc3)cn2)CC1. The van der Waals surface area contributed by atoms with Gasteiger partial charge in [-0.3, -0.25) is 9.78 Å². The van der Waals surface area contributed by atoms with Crippen molar-refractivity contribution in [3.8, 4) is 11.1 Å². The van der Waals surface area contributed by atoms with E-state index < -0.39 is 16.6 Å². The van der Waals surface area contributed by atoms with Crippen molar-refractivity contribution in [2.75, 3.05) is 13.6 Å². The van der Waals surface area contributed by atoms with Gasteiger partial charge < -0.3 is 20.1 Å². The predicted octanol–water partition coefficient (Wildman–Crippen LogP) is 5.49. The van der Waals surface area contributed by atoms with Crippen LogP contribution in [-0.2, 0) is 20.5 Å². The van der Waals surface area contributed by atoms with E-state index in [1.165, 1.54) is 0 Å². The zero-order valence-corrected chi connectivity index (χ0v) is 23.1. The topological polar surface area (TPSA) is 91.8 Å². The number of rotatable bonds is 8. The van der Waals surface area contributed by atoms with Gasteiger partial charge in [0.05, 0.1) is 22.8 Å². The molecule has 2 unspecified atom stereocenters. The Hall–Kier alpha value is -3.71. The van der Waals surface area contributed by atoms with E-state index in [1.54, 1.807) is 25.8 Å². The summed E-state index contributed by atoms with van der Waals surface area (Å²) in [5.74, 6) is 0.0263. The molecule has 0 spiro atoms. The third-order valence-corrected chi connectivity index (χ3v) is 8.15. The number of nitrogens with zero attached hydrogens (tertiary/aromatic N) is 2. The first-order valence-electron chi connectivity index (χ1n) is 13.6. The highest BCUT2D eigenvalue weighted by Gasteiger charge is 2.52. The van der Waals surface area contributed by atoms with Gasteiger partial charge in [-0.25, -0.2) is 4.79 Å². The van der Waals surface area contributed by atoms with E-state index in [0.29, 0.717) is 19.4 Å². The van der Waals surface area contributed by atoms with Crippen LogP contribution in [-0.4, -0.2) is 46.2 Å². The lowest BCUT2D eigenvalue weighted by Gasteiger charge is -2.45. The van der Waals surface area contributed by atoms with Gasteiger partial charge in [-0.1, -0.05) is 60.7 Å². The smallest absolute Gasteiger partial charge is 0.411 e. The van der Waals surface area contributed by atoms with Gasteiger partial charge in [0.25, 0.3) is 0 Å². The van der Waals surface area contributed by atoms with Crippen molar-refractivity contribution < 1.29 is 19.4 Å². The lowest BCUT2D eigenvalue weighted by Crippen LogP contribution is -2.51. The van der Waals surface area contributed by atoms with Crippen molar-refractivity contribution >= 4 is 12.0 Å². The Labute approximate surface area is 230 Å². The lowest BCUT2D eigenvalue weighted by atomic mass is 9.80. The molecule has 0 radical (unpaired) electrons. The van der Waals surface area contributed by atoms with Gasteiger partial charge in [-0.15, -0.1) is 0 Å². The van der Waals surface area contributed by atoms with Crippen molar-refractivity contribution in [3.05, 3.63) is 89.7 Å². The zero-order chi connectivity index (χ0) is 27.8. The monoisotopic (exact) mass is 527 g/mol. The van der Waals surface area contributed by atoms with Crippen LogP contribution in [0.4, 0.5) is 4.79 Å². The van der Waals surface area contributed by atoms with Gasteiger partial charge in [0.2, 0.25) is 5.91 Å². The molecule has 3 aromatic rings. The number of hydrogen-bond acceptors (Lipinski definition) is 5. The molecule has 7 heteroatoms. The molecule has 0 bridgehead atoms. The van der Waals surface area contributed by atoms with E-state index in [0.717, 1.165) is 40.8 Å². The van der Waals surface area contributed by atoms with E-state index >= 15 is 0 Å². The van der Waals surface area contributed by atoms with Crippen molar-refractivity contribution in [2.24, 2.45) is 0 Å². The van der Waals surface area contributed by atoms with Gasteiger partial charge in [-0.2, -0.15) is 0 Å². The molecule has 5 rings (SSSR count). The van der Waals surface area contributed by atoms with Gasteiger partial charge in [0, 0.05) is 38.2 Å². The Bertz CT molecular complexity index is 1330. The van der Waals surface area contributed by atoms with Crippen LogP contribution < -0.4 is 5.32 Å². The average molecular weight is 528 g/mol. The van der Waals surface area contributed by atoms with Gasteiger partial charge >= 0.3 is 6.09 Å². The molecule has 1 aliphatic heterocycles. The number of ether oxygens (including phenoxy) is 1. The van der Waals surface area contributed by atoms with Gasteiger partial charge in [0.15, 0.2) is 0 Å². The fourth-order valence-corrected chi connectivity index (χ4v) is 5.84. The molecule has 1 aromatic heterocycles. The number of carbonyl (C=O) groups excluding carboxylic acids is 2. The summed E-state index contributed by atoms with van der Waals surface area (Å²) in [7, 11) is 1.67. The third-order valence-electron chi connectivity index (χ3n) is 8.15. The number of benzene rings is 2. The first-order valence-corrected chi connectivity index (χ1v) is 13.6. The molecule has 1 aliphatic carbocycles. The molecule has 2 aromatic carbocycles. The van der Waals surface area contributed by atoms with Crippen molar-refractivity contribution in [1.82, 2.24) is 15.2 Å². The van der Waals surface area contributed by atoms with Crippen LogP contribution in [0.25, 0.3) is 11.1 Å². The Morgan fingerprint density at radius 3 is 2.26 bits per heavy atom. The third kappa shape index (κ3) is 5.28. The fraction of sp³-hybridized carbons (Fsp3) is 0.406. The maximum Gasteiger partial charge on any atom is 0.411 e. The fourth-order valence-electron chi connectivity index (χ4n) is 5.84. The van der Waals surface area contributed by atoms with E-state index in [9.17, 15) is 14.7 Å². The van der Waals surface area contributed by atoms with Crippen LogP contribution in [0, 0.1) is 0 Å². The van der Waals surface area contributed by atoms with Crippen molar-refractivity contribution in [2.45, 2.75) is 69.1 Å². The van der Waals surface area contributed by atoms with Crippen LogP contribution in [0.5, 0.6) is 0 Å². The summed E-state index contributed by atoms with van der Waals surface area (Å²) in [6.07, 6.45) is 4.01. The Balaban J connectivity index is 1.30. The molecule has 2 heterocycles. The van der Waals surface area contributed by atoms with Crippen LogP contribution in [0.1, 0.15) is 69.3 Å². The number of nitrogens with one attached hydrogen (secondary N) is 1. The molecule has 2 atom stereocenters. The molecule has 1 saturated heterocycles. The predicted molar refractivity (Wildman–Crippen MR) is 150 cm³/mol. The highest BCUT2D eigenvalue weighted by atomic mass is 16.6. The second-order valence-electron chi connectivity index (χ2n) is 11.6. The standard InChI is InChI=1S/C32H37N3O4/c1-22(35-19-18-32(39-29(35)37,21-30(2,3)38)26-8-6-5-7-9-26)23-10-12-24(13-11-23)25-14-15-27(34-20-25)31(16-17-31)28(36)33-4/h5-15,20,22,38H,16-19,21H2,1-4H3,(H,33,36). The van der Waals surface area contributed by atoms with Gasteiger partial charge in [-0.05, 0) is 56.4 Å². The Morgan fingerprint density at radius 1 is 1.05 bits per heavy atom. The zero-order valence-electron chi connectivity index (χ0n) is 23.1. The maximum atomic E-state index is 13.3. The summed E-state index contributed by atoms with van der Waals surface area (Å²) < 4.78 is 6.14. The Kier molecular flexibility index (Phi) is 6.97. The molecule has 2 amide bonds. The number of likely N-dealkylation sites (N-methyl/N-ethyl adjacent to an activating group) is 1. The number of hydrogen-bond donors (Lipinski definition) is 2. The average Bonchev–Trinajstić information content (AvgIpc) is 3.74. The first kappa shape index (κ1) is 26.9. The lowest BCUT2D eigenvalue weighted by molar-refractivity contribution is -0.123. The summed E-state index contributed by atoms with van der Waals surface area (Å²) >= 11 is 0. The highest BCUT2D eigenvalue weighted by molar-refractivity contribution is 5.90. The summed E-state index contributed by atoms with van der Waals surface area (Å²) in [6, 6.07) is 21.6. The number of pyridine rings is 1. The van der Waals surface area contributed by atoms with Crippen LogP contribution >= 0.6 is 0 Å². The van der Waals surface area contributed by atoms with Crippen LogP contribution in [0.15, 0.2) is 72.9 Å². The molecule has 7 nitrogen and oxygen atoms in total. The first-order chi connectivity index (χ1) is 18.6. The van der Waals surface area contributed by atoms with Crippen LogP contribution in [0.3, 0.4) is 0 Å². The quantitative estimate of drug-likeness (QED) is 0.404. The van der Waals surface area contributed by atoms with E-state index in [2.05, 4.69) is 10.3 Å². The maximum absolute atomic E-state index is 13.3. The normalized spacial score (nSPS) is 21.2. The van der Waals surface area contributed by atoms with E-state index in [-0.39, 0.29) is 18.0 Å². The summed E-state index contributed by atoms with van der Waals surface area (Å²) in [5.41, 5.74) is 2.38. The summed E-state index contributed by atoms with van der Waals surface area (Å²) in [5, 5.41) is 13.4. The molecule has 204 valence electrons. The molecule has 2 fully saturated rings. The van der Waals surface area contributed by atoms with Crippen molar-refractivity contribution in [3.63, 3.8) is 0 Å². The van der Waals surface area contributed by atoms with Crippen LogP contribution in [0.2, 0.25) is 0 Å². The van der Waals surface area contributed by atoms with E-state index in [4.69, 9.17) is 4.74 Å². The number of carbonyl (C=O) groups is 2. The number of cyclic esters (lactones) is 1. The van der Waals surface area contributed by atoms with E-state index in [1.807, 2.05) is 79.9 Å². The molecule has 39 heavy (non-hydrogen) atoms. The largest absolute Gasteiger partial charge is 0.438 e. The van der Waals surface area contributed by atoms with Crippen molar-refractivity contribution in [1.29, 1.82) is 0 Å². The summed E-state index contributed by atoms with van der Waals surface area (Å²) in [6.45, 7) is 6.02. The Morgan fingerprint density at radius 2 is 1.72 bits per heavy atom. The molecule has 2 N–H and O–H groups in total. The second kappa shape index (κ2) is 10.1. The number of amides is 2. The van der Waals surface area contributed by atoms with Gasteiger partial charge in [0.1, 0.15) is 5.60 Å². The summed E-state index contributed by atoms with van der Waals surface area (Å²) in [4.78, 5) is 32.0. The molecule has 2 aliphatic rings. The highest BCUT2D eigenvalue weighted by Crippen LogP contribution is 2.47. The number of aromatic nitrogens is 1.